The molecule has 0 bridgehead atoms. The molecule has 0 aromatic heterocycles. The third kappa shape index (κ3) is 4.90. The largest absolute Gasteiger partial charge is 0.364 e. The van der Waals surface area contributed by atoms with Crippen LogP contribution in [0, 0.1) is 0 Å². The summed E-state index contributed by atoms with van der Waals surface area (Å²) in [6.45, 7) is 0. The van der Waals surface area contributed by atoms with Crippen LogP contribution >= 0.6 is 0 Å². The van der Waals surface area contributed by atoms with E-state index in [0.717, 1.165) is 11.0 Å². The summed E-state index contributed by atoms with van der Waals surface area (Å²) in [4.78, 5) is 24.0. The van der Waals surface area contributed by atoms with E-state index in [1.807, 2.05) is 0 Å². The van der Waals surface area contributed by atoms with Gasteiger partial charge < -0.3 is 0 Å². The molecule has 0 saturated heterocycles. The van der Waals surface area contributed by atoms with Crippen LogP contribution in [0.2, 0.25) is 0 Å². The predicted octanol–water partition coefficient (Wildman–Crippen LogP) is -1.79. The second-order valence-electron chi connectivity index (χ2n) is 1.19. The van der Waals surface area contributed by atoms with Gasteiger partial charge in [0.1, 0.15) is 0 Å². The Morgan fingerprint density at radius 3 is 1.64 bits per heavy atom. The van der Waals surface area contributed by atoms with Crippen molar-refractivity contribution in [2.45, 2.75) is 0 Å². The summed E-state index contributed by atoms with van der Waals surface area (Å²) in [5.74, 6) is 0. The number of urea groups is 2. The Kier molecular flexibility index (Phi) is 4.47. The van der Waals surface area contributed by atoms with Gasteiger partial charge in [-0.15, -0.1) is 0 Å². The number of rotatable bonds is 2. The Morgan fingerprint density at radius 1 is 1.00 bits per heavy atom. The van der Waals surface area contributed by atoms with Crippen molar-refractivity contribution in [1.82, 2.24) is 21.9 Å². The van der Waals surface area contributed by atoms with Crippen LogP contribution in [0.1, 0.15) is 0 Å². The summed E-state index contributed by atoms with van der Waals surface area (Å²) in [6.07, 6.45) is 0. The van der Waals surface area contributed by atoms with E-state index in [1.165, 1.54) is 11.0 Å². The Hall–Kier alpha value is -1.58. The molecule has 0 fully saturated rings. The lowest BCUT2D eigenvalue weighted by atomic mass is 11.1. The number of nitrogens with one attached hydrogen (secondary N) is 4. The van der Waals surface area contributed by atoms with Gasteiger partial charge in [-0.05, 0) is 0 Å². The lowest BCUT2D eigenvalue weighted by molar-refractivity contribution is -0.0115. The average molecular weight is 166 g/mol. The Labute approximate surface area is 60.1 Å². The molecule has 0 heterocycles. The first-order valence-corrected chi connectivity index (χ1v) is 2.26. The Balaban J connectivity index is 3.27. The number of amides is 4. The summed E-state index contributed by atoms with van der Waals surface area (Å²) in [7, 11) is 0. The van der Waals surface area contributed by atoms with Crippen LogP contribution in [0.25, 0.3) is 0 Å². The van der Waals surface area contributed by atoms with Crippen molar-refractivity contribution in [2.75, 3.05) is 0 Å². The number of hydrogen-bond acceptors (Lipinski definition) is 5. The molecule has 0 rings (SSSR count). The highest BCUT2D eigenvalue weighted by molar-refractivity contribution is 5.72. The number of hydrogen-bond donors (Lipinski definition) is 6. The Bertz CT molecular complexity index is 131. The molecule has 0 aliphatic rings. The van der Waals surface area contributed by atoms with Crippen LogP contribution in [0.3, 0.4) is 0 Å². The van der Waals surface area contributed by atoms with Gasteiger partial charge in [0.25, 0.3) is 0 Å². The van der Waals surface area contributed by atoms with Crippen LogP contribution in [0.15, 0.2) is 0 Å². The van der Waals surface area contributed by atoms with Crippen molar-refractivity contribution in [2.24, 2.45) is 0 Å². The standard InChI is InChI=1S/C2H6N4O5/c7-1(3-9)5-11-6-2(8)4-10/h9-10H,(H2,3,5,7)(H2,4,6,8). The molecule has 0 unspecified atom stereocenters. The highest BCUT2D eigenvalue weighted by atomic mass is 16.8. The monoisotopic (exact) mass is 166 g/mol. The minimum absolute atomic E-state index is 1.08. The topological polar surface area (TPSA) is 132 Å². The van der Waals surface area contributed by atoms with E-state index in [1.54, 1.807) is 0 Å². The molecule has 0 aromatic carbocycles. The van der Waals surface area contributed by atoms with Gasteiger partial charge in [0.05, 0.1) is 0 Å². The van der Waals surface area contributed by atoms with Gasteiger partial charge >= 0.3 is 12.1 Å². The van der Waals surface area contributed by atoms with E-state index in [2.05, 4.69) is 4.94 Å². The van der Waals surface area contributed by atoms with E-state index < -0.39 is 12.1 Å². The van der Waals surface area contributed by atoms with Crippen molar-refractivity contribution < 1.29 is 24.9 Å². The van der Waals surface area contributed by atoms with Crippen molar-refractivity contribution in [1.29, 1.82) is 0 Å². The fraction of sp³-hybridized carbons (Fsp3) is 0. The molecular weight excluding hydrogens is 160 g/mol. The highest BCUT2D eigenvalue weighted by Crippen LogP contribution is 1.62. The van der Waals surface area contributed by atoms with E-state index in [9.17, 15) is 9.59 Å². The molecule has 0 aliphatic heterocycles. The normalized spacial score (nSPS) is 8.18. The van der Waals surface area contributed by atoms with E-state index in [4.69, 9.17) is 10.4 Å². The maximum absolute atomic E-state index is 10.1. The van der Waals surface area contributed by atoms with E-state index in [-0.39, 0.29) is 0 Å². The molecule has 4 amide bonds. The molecule has 0 atom stereocenters. The van der Waals surface area contributed by atoms with Crippen molar-refractivity contribution in [3.8, 4) is 0 Å². The molecule has 0 aliphatic carbocycles. The van der Waals surface area contributed by atoms with Crippen molar-refractivity contribution in [3.63, 3.8) is 0 Å². The SMILES string of the molecule is O=C(NO)NONC(=O)NO. The summed E-state index contributed by atoms with van der Waals surface area (Å²) in [6, 6.07) is -2.16. The highest BCUT2D eigenvalue weighted by Gasteiger charge is 1.98. The summed E-state index contributed by atoms with van der Waals surface area (Å²) in [5.41, 5.74) is 5.32. The van der Waals surface area contributed by atoms with Gasteiger partial charge in [-0.25, -0.2) is 20.5 Å². The zero-order valence-electron chi connectivity index (χ0n) is 5.12. The van der Waals surface area contributed by atoms with Crippen molar-refractivity contribution in [3.05, 3.63) is 0 Å². The summed E-state index contributed by atoms with van der Waals surface area (Å²) >= 11 is 0. The van der Waals surface area contributed by atoms with Crippen LogP contribution in [-0.2, 0) is 4.94 Å². The third-order valence-corrected chi connectivity index (χ3v) is 0.491. The van der Waals surface area contributed by atoms with Gasteiger partial charge in [0.15, 0.2) is 0 Å². The minimum Gasteiger partial charge on any atom is -0.287 e. The zero-order valence-corrected chi connectivity index (χ0v) is 5.12. The predicted molar refractivity (Wildman–Crippen MR) is 28.0 cm³/mol. The fourth-order valence-electron chi connectivity index (χ4n) is 0.164. The Morgan fingerprint density at radius 2 is 1.36 bits per heavy atom. The van der Waals surface area contributed by atoms with Crippen LogP contribution in [0.4, 0.5) is 9.59 Å². The molecule has 0 radical (unpaired) electrons. The second-order valence-corrected chi connectivity index (χ2v) is 1.19. The quantitative estimate of drug-likeness (QED) is 0.213. The van der Waals surface area contributed by atoms with Crippen molar-refractivity contribution >= 4 is 12.1 Å². The van der Waals surface area contributed by atoms with Gasteiger partial charge in [0.2, 0.25) is 0 Å². The molecule has 11 heavy (non-hydrogen) atoms. The van der Waals surface area contributed by atoms with E-state index >= 15 is 0 Å². The first-order valence-electron chi connectivity index (χ1n) is 2.26. The van der Waals surface area contributed by atoms with Gasteiger partial charge in [-0.1, -0.05) is 0 Å². The number of carbonyl (C=O) groups excluding carboxylic acids is 2. The van der Waals surface area contributed by atoms with E-state index in [0.29, 0.717) is 0 Å². The molecular formula is C2H6N4O5. The molecule has 0 saturated carbocycles. The maximum Gasteiger partial charge on any atom is 0.364 e. The fourth-order valence-corrected chi connectivity index (χ4v) is 0.164. The average Bonchev–Trinajstić information content (AvgIpc) is 2.04. The lowest BCUT2D eigenvalue weighted by Gasteiger charge is -2.02. The van der Waals surface area contributed by atoms with Gasteiger partial charge in [-0.3, -0.25) is 10.4 Å². The smallest absolute Gasteiger partial charge is 0.287 e. The van der Waals surface area contributed by atoms with Gasteiger partial charge in [0, 0.05) is 0 Å². The van der Waals surface area contributed by atoms with Gasteiger partial charge in [-0.2, -0.15) is 15.9 Å². The molecule has 0 spiro atoms. The molecule has 9 nitrogen and oxygen atoms in total. The van der Waals surface area contributed by atoms with Crippen LogP contribution in [-0.4, -0.2) is 22.5 Å². The first-order chi connectivity index (χ1) is 5.20. The third-order valence-electron chi connectivity index (χ3n) is 0.491. The lowest BCUT2D eigenvalue weighted by Crippen LogP contribution is -2.42. The molecule has 9 heteroatoms. The molecule has 64 valence electrons. The number of carbonyl (C=O) groups is 2. The molecule has 0 aromatic rings. The second kappa shape index (κ2) is 5.22. The molecule has 6 N–H and O–H groups in total. The first kappa shape index (κ1) is 9.42. The van der Waals surface area contributed by atoms with Crippen LogP contribution < -0.4 is 21.9 Å². The van der Waals surface area contributed by atoms with Crippen LogP contribution in [0.5, 0.6) is 0 Å². The maximum atomic E-state index is 10.1. The minimum atomic E-state index is -1.08. The number of hydroxylamine groups is 4. The zero-order chi connectivity index (χ0) is 8.69. The summed E-state index contributed by atoms with van der Waals surface area (Å²) < 4.78 is 0. The summed E-state index contributed by atoms with van der Waals surface area (Å²) in [5, 5.41) is 15.7.